The van der Waals surface area contributed by atoms with E-state index < -0.39 is 0 Å². The molecule has 0 aliphatic carbocycles. The number of para-hydroxylation sites is 1. The summed E-state index contributed by atoms with van der Waals surface area (Å²) >= 11 is 0. The second kappa shape index (κ2) is 6.79. The van der Waals surface area contributed by atoms with Gasteiger partial charge in [-0.2, -0.15) is 0 Å². The third-order valence-electron chi connectivity index (χ3n) is 3.29. The maximum atomic E-state index is 12.3. The van der Waals surface area contributed by atoms with Crippen LogP contribution in [0.15, 0.2) is 48.5 Å². The zero-order chi connectivity index (χ0) is 15.2. The summed E-state index contributed by atoms with van der Waals surface area (Å²) in [6.45, 7) is 1.93. The molecule has 21 heavy (non-hydrogen) atoms. The molecule has 0 heterocycles. The Morgan fingerprint density at radius 1 is 1.05 bits per heavy atom. The first kappa shape index (κ1) is 14.9. The predicted molar refractivity (Wildman–Crippen MR) is 81.9 cm³/mol. The fraction of sp³-hybridized carbons (Fsp3) is 0.235. The number of ether oxygens (including phenoxy) is 2. The molecule has 1 atom stereocenters. The van der Waals surface area contributed by atoms with Crippen LogP contribution in [0.4, 0.5) is 0 Å². The van der Waals surface area contributed by atoms with E-state index in [4.69, 9.17) is 9.47 Å². The van der Waals surface area contributed by atoms with E-state index in [1.165, 1.54) is 0 Å². The van der Waals surface area contributed by atoms with Crippen LogP contribution in [0, 0.1) is 0 Å². The van der Waals surface area contributed by atoms with Crippen molar-refractivity contribution in [2.24, 2.45) is 0 Å². The lowest BCUT2D eigenvalue weighted by molar-refractivity contribution is 0.0937. The minimum atomic E-state index is -0.164. The molecule has 0 saturated heterocycles. The Balaban J connectivity index is 2.15. The van der Waals surface area contributed by atoms with Gasteiger partial charge in [0.1, 0.15) is 11.5 Å². The molecule has 0 aromatic heterocycles. The Bertz CT molecular complexity index is 625. The van der Waals surface area contributed by atoms with Crippen LogP contribution in [0.3, 0.4) is 0 Å². The van der Waals surface area contributed by atoms with Gasteiger partial charge in [0.2, 0.25) is 0 Å². The molecule has 0 bridgehead atoms. The van der Waals surface area contributed by atoms with Crippen LogP contribution in [-0.4, -0.2) is 20.1 Å². The first-order chi connectivity index (χ1) is 10.2. The van der Waals surface area contributed by atoms with Gasteiger partial charge in [0.05, 0.1) is 25.8 Å². The molecule has 0 saturated carbocycles. The van der Waals surface area contributed by atoms with Gasteiger partial charge in [0, 0.05) is 0 Å². The summed E-state index contributed by atoms with van der Waals surface area (Å²) in [6.07, 6.45) is 0. The second-order valence-corrected chi connectivity index (χ2v) is 4.67. The normalized spacial score (nSPS) is 11.6. The van der Waals surface area contributed by atoms with Crippen molar-refractivity contribution in [1.29, 1.82) is 0 Å². The number of amides is 1. The molecule has 2 aromatic rings. The highest BCUT2D eigenvalue weighted by Gasteiger charge is 2.15. The summed E-state index contributed by atoms with van der Waals surface area (Å²) in [4.78, 5) is 12.3. The lowest BCUT2D eigenvalue weighted by atomic mass is 10.1. The van der Waals surface area contributed by atoms with Gasteiger partial charge in [-0.25, -0.2) is 0 Å². The molecule has 2 rings (SSSR count). The van der Waals surface area contributed by atoms with Gasteiger partial charge in [0.15, 0.2) is 0 Å². The zero-order valence-corrected chi connectivity index (χ0v) is 12.4. The number of methoxy groups -OCH3 is 2. The highest BCUT2D eigenvalue weighted by molar-refractivity contribution is 5.97. The topological polar surface area (TPSA) is 47.6 Å². The number of benzene rings is 2. The molecule has 0 radical (unpaired) electrons. The molecular formula is C17H19NO3. The smallest absolute Gasteiger partial charge is 0.255 e. The molecule has 0 fully saturated rings. The van der Waals surface area contributed by atoms with E-state index in [0.717, 1.165) is 11.3 Å². The molecule has 4 heteroatoms. The molecule has 0 spiro atoms. The zero-order valence-electron chi connectivity index (χ0n) is 12.4. The van der Waals surface area contributed by atoms with Crippen LogP contribution in [0.1, 0.15) is 28.9 Å². The van der Waals surface area contributed by atoms with Crippen LogP contribution in [0.25, 0.3) is 0 Å². The van der Waals surface area contributed by atoms with E-state index in [-0.39, 0.29) is 11.9 Å². The lowest BCUT2D eigenvalue weighted by Gasteiger charge is -2.16. The largest absolute Gasteiger partial charge is 0.497 e. The Morgan fingerprint density at radius 3 is 2.52 bits per heavy atom. The van der Waals surface area contributed by atoms with E-state index in [2.05, 4.69) is 5.32 Å². The number of carbonyl (C=O) groups is 1. The Morgan fingerprint density at radius 2 is 1.81 bits per heavy atom. The molecular weight excluding hydrogens is 266 g/mol. The third-order valence-corrected chi connectivity index (χ3v) is 3.29. The van der Waals surface area contributed by atoms with Crippen LogP contribution in [-0.2, 0) is 0 Å². The van der Waals surface area contributed by atoms with Gasteiger partial charge < -0.3 is 14.8 Å². The van der Waals surface area contributed by atoms with Crippen molar-refractivity contribution < 1.29 is 14.3 Å². The molecule has 4 nitrogen and oxygen atoms in total. The summed E-state index contributed by atoms with van der Waals surface area (Å²) in [5.74, 6) is 1.17. The molecule has 1 N–H and O–H groups in total. The minimum absolute atomic E-state index is 0.127. The molecule has 2 aromatic carbocycles. The van der Waals surface area contributed by atoms with Crippen LogP contribution in [0.2, 0.25) is 0 Å². The Hall–Kier alpha value is -2.49. The maximum absolute atomic E-state index is 12.3. The number of rotatable bonds is 5. The number of hydrogen-bond donors (Lipinski definition) is 1. The summed E-state index contributed by atoms with van der Waals surface area (Å²) in [6, 6.07) is 14.7. The Labute approximate surface area is 124 Å². The quantitative estimate of drug-likeness (QED) is 0.917. The average Bonchev–Trinajstić information content (AvgIpc) is 2.54. The monoisotopic (exact) mass is 285 g/mol. The highest BCUT2D eigenvalue weighted by Crippen LogP contribution is 2.21. The van der Waals surface area contributed by atoms with E-state index >= 15 is 0 Å². The van der Waals surface area contributed by atoms with E-state index in [9.17, 15) is 4.79 Å². The molecule has 110 valence electrons. The summed E-state index contributed by atoms with van der Waals surface area (Å²) in [5.41, 5.74) is 1.51. The van der Waals surface area contributed by atoms with Crippen molar-refractivity contribution in [1.82, 2.24) is 5.32 Å². The standard InChI is InChI=1S/C17H19NO3/c1-12(13-7-6-8-14(11-13)20-2)18-17(19)15-9-4-5-10-16(15)21-3/h4-12H,1-3H3,(H,18,19). The fourth-order valence-corrected chi connectivity index (χ4v) is 2.10. The van der Waals surface area contributed by atoms with Crippen molar-refractivity contribution in [2.45, 2.75) is 13.0 Å². The van der Waals surface area contributed by atoms with Gasteiger partial charge >= 0.3 is 0 Å². The molecule has 1 unspecified atom stereocenters. The van der Waals surface area contributed by atoms with E-state index in [1.807, 2.05) is 43.3 Å². The third kappa shape index (κ3) is 3.54. The number of carbonyl (C=O) groups excluding carboxylic acids is 1. The summed E-state index contributed by atoms with van der Waals surface area (Å²) in [5, 5.41) is 2.96. The predicted octanol–water partition coefficient (Wildman–Crippen LogP) is 3.19. The fourth-order valence-electron chi connectivity index (χ4n) is 2.10. The lowest BCUT2D eigenvalue weighted by Crippen LogP contribution is -2.27. The minimum Gasteiger partial charge on any atom is -0.497 e. The van der Waals surface area contributed by atoms with Crippen molar-refractivity contribution in [3.8, 4) is 11.5 Å². The maximum Gasteiger partial charge on any atom is 0.255 e. The van der Waals surface area contributed by atoms with Gasteiger partial charge in [-0.1, -0.05) is 24.3 Å². The highest BCUT2D eigenvalue weighted by atomic mass is 16.5. The van der Waals surface area contributed by atoms with Crippen molar-refractivity contribution in [2.75, 3.05) is 14.2 Å². The number of hydrogen-bond acceptors (Lipinski definition) is 3. The van der Waals surface area contributed by atoms with E-state index in [1.54, 1.807) is 26.4 Å². The second-order valence-electron chi connectivity index (χ2n) is 4.67. The van der Waals surface area contributed by atoms with Gasteiger partial charge in [-0.3, -0.25) is 4.79 Å². The van der Waals surface area contributed by atoms with Crippen molar-refractivity contribution in [3.05, 3.63) is 59.7 Å². The first-order valence-corrected chi connectivity index (χ1v) is 6.73. The number of nitrogens with one attached hydrogen (secondary N) is 1. The van der Waals surface area contributed by atoms with Crippen molar-refractivity contribution in [3.63, 3.8) is 0 Å². The van der Waals surface area contributed by atoms with Gasteiger partial charge in [0.25, 0.3) is 5.91 Å². The molecule has 0 aliphatic heterocycles. The first-order valence-electron chi connectivity index (χ1n) is 6.73. The van der Waals surface area contributed by atoms with Crippen molar-refractivity contribution >= 4 is 5.91 Å². The molecule has 0 aliphatic rings. The summed E-state index contributed by atoms with van der Waals surface area (Å²) in [7, 11) is 3.18. The van der Waals surface area contributed by atoms with E-state index in [0.29, 0.717) is 11.3 Å². The van der Waals surface area contributed by atoms with Crippen LogP contribution >= 0.6 is 0 Å². The SMILES string of the molecule is COc1cccc(C(C)NC(=O)c2ccccc2OC)c1. The average molecular weight is 285 g/mol. The van der Waals surface area contributed by atoms with Gasteiger partial charge in [-0.05, 0) is 36.8 Å². The summed E-state index contributed by atoms with van der Waals surface area (Å²) < 4.78 is 10.4. The van der Waals surface area contributed by atoms with Gasteiger partial charge in [-0.15, -0.1) is 0 Å². The van der Waals surface area contributed by atoms with Crippen LogP contribution in [0.5, 0.6) is 11.5 Å². The Kier molecular flexibility index (Phi) is 4.82. The molecule has 1 amide bonds. The van der Waals surface area contributed by atoms with Crippen LogP contribution < -0.4 is 14.8 Å².